The van der Waals surface area contributed by atoms with Crippen molar-refractivity contribution < 1.29 is 0 Å². The second kappa shape index (κ2) is 9.71. The fourth-order valence-corrected chi connectivity index (χ4v) is 8.92. The van der Waals surface area contributed by atoms with Crippen LogP contribution in [0.4, 0.5) is 0 Å². The van der Waals surface area contributed by atoms with Gasteiger partial charge in [0, 0.05) is 64.3 Å². The minimum absolute atomic E-state index is 0.244. The van der Waals surface area contributed by atoms with Crippen molar-refractivity contribution in [3.63, 3.8) is 0 Å². The predicted molar refractivity (Wildman–Crippen MR) is 198 cm³/mol. The highest BCUT2D eigenvalue weighted by molar-refractivity contribution is 7.25. The Hall–Kier alpha value is -5.58. The number of nitrogens with zero attached hydrogens (tertiary/aromatic N) is 3. The lowest BCUT2D eigenvalue weighted by molar-refractivity contribution is 0.658. The van der Waals surface area contributed by atoms with E-state index in [2.05, 4.69) is 152 Å². The summed E-state index contributed by atoms with van der Waals surface area (Å²) in [7, 11) is 0. The highest BCUT2D eigenvalue weighted by Crippen LogP contribution is 2.51. The molecule has 3 nitrogen and oxygen atoms in total. The molecule has 0 N–H and O–H groups in total. The third kappa shape index (κ3) is 3.79. The van der Waals surface area contributed by atoms with Crippen molar-refractivity contribution in [2.75, 3.05) is 0 Å². The molecule has 47 heavy (non-hydrogen) atoms. The summed E-state index contributed by atoms with van der Waals surface area (Å²) < 4.78 is 5.06. The molecule has 3 heterocycles. The third-order valence-corrected chi connectivity index (χ3v) is 11.1. The summed E-state index contributed by atoms with van der Waals surface area (Å²) in [5.41, 5.74) is 11.1. The minimum atomic E-state index is -0.244. The first-order chi connectivity index (χ1) is 23.1. The number of hydrogen-bond acceptors (Lipinski definition) is 3. The third-order valence-electron chi connectivity index (χ3n) is 9.97. The Morgan fingerprint density at radius 2 is 1.26 bits per heavy atom. The number of thiophene rings is 1. The topological polar surface area (TPSA) is 30.7 Å². The maximum absolute atomic E-state index is 5.36. The molecule has 0 aliphatic heterocycles. The Morgan fingerprint density at radius 1 is 0.532 bits per heavy atom. The normalized spacial score (nSPS) is 13.5. The smallest absolute Gasteiger partial charge is 0.160 e. The van der Waals surface area contributed by atoms with Crippen LogP contribution >= 0.6 is 11.3 Å². The van der Waals surface area contributed by atoms with Gasteiger partial charge in [-0.1, -0.05) is 117 Å². The van der Waals surface area contributed by atoms with E-state index in [-0.39, 0.29) is 5.41 Å². The van der Waals surface area contributed by atoms with Gasteiger partial charge < -0.3 is 4.57 Å². The van der Waals surface area contributed by atoms with Crippen LogP contribution in [-0.2, 0) is 5.41 Å². The van der Waals surface area contributed by atoms with E-state index in [9.17, 15) is 0 Å². The Morgan fingerprint density at radius 3 is 2.15 bits per heavy atom. The Bertz CT molecular complexity index is 2710. The highest BCUT2D eigenvalue weighted by atomic mass is 32.1. The fraction of sp³-hybridized carbons (Fsp3) is 0.0698. The van der Waals surface area contributed by atoms with Gasteiger partial charge in [-0.2, -0.15) is 0 Å². The van der Waals surface area contributed by atoms with Gasteiger partial charge in [-0.25, -0.2) is 9.97 Å². The zero-order valence-electron chi connectivity index (χ0n) is 26.0. The van der Waals surface area contributed by atoms with E-state index in [1.54, 1.807) is 0 Å². The second-order valence-electron chi connectivity index (χ2n) is 13.0. The molecule has 0 saturated carbocycles. The molecule has 0 radical (unpaired) electrons. The summed E-state index contributed by atoms with van der Waals surface area (Å²) in [5.74, 6) is 0.751. The molecular formula is C43H29N3S. The van der Waals surface area contributed by atoms with Gasteiger partial charge in [-0.3, -0.25) is 0 Å². The van der Waals surface area contributed by atoms with Crippen LogP contribution in [0.1, 0.15) is 25.0 Å². The van der Waals surface area contributed by atoms with Crippen LogP contribution in [0.25, 0.3) is 81.6 Å². The quantitative estimate of drug-likeness (QED) is 0.197. The van der Waals surface area contributed by atoms with Crippen molar-refractivity contribution in [1.29, 1.82) is 0 Å². The first-order valence-corrected chi connectivity index (χ1v) is 16.9. The van der Waals surface area contributed by atoms with Crippen LogP contribution in [0.15, 0.2) is 140 Å². The molecule has 1 aliphatic carbocycles. The molecule has 0 saturated heterocycles. The predicted octanol–water partition coefficient (Wildman–Crippen LogP) is 11.6. The van der Waals surface area contributed by atoms with E-state index in [1.165, 1.54) is 58.7 Å². The van der Waals surface area contributed by atoms with Gasteiger partial charge in [0.2, 0.25) is 0 Å². The van der Waals surface area contributed by atoms with E-state index in [0.717, 1.165) is 34.0 Å². The summed E-state index contributed by atoms with van der Waals surface area (Å²) in [6, 6.07) is 50.3. The first-order valence-electron chi connectivity index (χ1n) is 16.1. The van der Waals surface area contributed by atoms with E-state index in [0.29, 0.717) is 0 Å². The van der Waals surface area contributed by atoms with Crippen LogP contribution < -0.4 is 0 Å². The lowest BCUT2D eigenvalue weighted by Crippen LogP contribution is -2.17. The molecule has 0 spiro atoms. The van der Waals surface area contributed by atoms with Crippen LogP contribution in [0.2, 0.25) is 0 Å². The number of benzene rings is 6. The fourth-order valence-electron chi connectivity index (χ4n) is 7.80. The van der Waals surface area contributed by atoms with Gasteiger partial charge in [0.15, 0.2) is 5.82 Å². The summed E-state index contributed by atoms with van der Waals surface area (Å²) in [4.78, 5) is 10.6. The molecule has 9 aromatic rings. The maximum atomic E-state index is 5.36. The molecule has 0 fully saturated rings. The van der Waals surface area contributed by atoms with Crippen molar-refractivity contribution >= 4 is 53.3 Å². The lowest BCUT2D eigenvalue weighted by atomic mass is 9.81. The molecular weight excluding hydrogens is 591 g/mol. The Labute approximate surface area is 276 Å². The number of para-hydroxylation sites is 1. The molecule has 0 bridgehead atoms. The van der Waals surface area contributed by atoms with Crippen LogP contribution in [0.5, 0.6) is 0 Å². The summed E-state index contributed by atoms with van der Waals surface area (Å²) in [5, 5.41) is 5.18. The van der Waals surface area contributed by atoms with E-state index in [4.69, 9.17) is 9.97 Å². The zero-order valence-corrected chi connectivity index (χ0v) is 26.8. The monoisotopic (exact) mass is 619 g/mol. The van der Waals surface area contributed by atoms with Crippen molar-refractivity contribution in [2.45, 2.75) is 19.3 Å². The molecule has 1 aliphatic rings. The Balaban J connectivity index is 1.24. The number of hydrogen-bond donors (Lipinski definition) is 0. The largest absolute Gasteiger partial charge is 0.309 e. The zero-order chi connectivity index (χ0) is 31.3. The van der Waals surface area contributed by atoms with Crippen LogP contribution in [-0.4, -0.2) is 14.5 Å². The number of aromatic nitrogens is 3. The van der Waals surface area contributed by atoms with Crippen molar-refractivity contribution in [3.8, 4) is 39.6 Å². The lowest BCUT2D eigenvalue weighted by Gasteiger charge is -2.24. The molecule has 0 unspecified atom stereocenters. The van der Waals surface area contributed by atoms with E-state index < -0.39 is 0 Å². The molecule has 0 atom stereocenters. The average molecular weight is 620 g/mol. The molecule has 4 heteroatoms. The van der Waals surface area contributed by atoms with Gasteiger partial charge in [0.05, 0.1) is 22.4 Å². The minimum Gasteiger partial charge on any atom is -0.309 e. The summed E-state index contributed by atoms with van der Waals surface area (Å²) in [6.45, 7) is 4.61. The molecule has 222 valence electrons. The Kier molecular flexibility index (Phi) is 5.50. The van der Waals surface area contributed by atoms with Crippen LogP contribution in [0.3, 0.4) is 0 Å². The van der Waals surface area contributed by atoms with Crippen LogP contribution in [0, 0.1) is 0 Å². The van der Waals surface area contributed by atoms with Crippen molar-refractivity contribution in [3.05, 3.63) is 151 Å². The average Bonchev–Trinajstić information content (AvgIpc) is 3.72. The van der Waals surface area contributed by atoms with Gasteiger partial charge in [-0.15, -0.1) is 11.3 Å². The van der Waals surface area contributed by atoms with Gasteiger partial charge in [-0.05, 0) is 42.0 Å². The standard InChI is InChI=1S/C43H29N3S/c1-43(2)34-20-9-6-19-31(34)41-39(43)40(44-42(45-41)26-13-4-3-5-14-26)27-15-12-16-28(23-27)46-35-21-10-7-17-29(35)32-24-33-30-18-8-11-22-37(30)47-38(33)25-36(32)46/h3-25H,1-2H3. The summed E-state index contributed by atoms with van der Waals surface area (Å²) in [6.07, 6.45) is 0. The van der Waals surface area contributed by atoms with Gasteiger partial charge in [0.25, 0.3) is 0 Å². The maximum Gasteiger partial charge on any atom is 0.160 e. The SMILES string of the molecule is CC1(C)c2ccccc2-c2nc(-c3ccccc3)nc(-c3cccc(-n4c5ccccc5c5cc6c(cc54)sc4ccccc46)c3)c21. The van der Waals surface area contributed by atoms with Gasteiger partial charge >= 0.3 is 0 Å². The van der Waals surface area contributed by atoms with Crippen molar-refractivity contribution in [1.82, 2.24) is 14.5 Å². The van der Waals surface area contributed by atoms with Crippen molar-refractivity contribution in [2.24, 2.45) is 0 Å². The second-order valence-corrected chi connectivity index (χ2v) is 14.1. The van der Waals surface area contributed by atoms with Gasteiger partial charge in [0.1, 0.15) is 0 Å². The molecule has 3 aromatic heterocycles. The number of fused-ring (bicyclic) bond motifs is 9. The molecule has 6 aromatic carbocycles. The summed E-state index contributed by atoms with van der Waals surface area (Å²) >= 11 is 1.87. The first kappa shape index (κ1) is 26.6. The van der Waals surface area contributed by atoms with E-state index in [1.807, 2.05) is 17.4 Å². The van der Waals surface area contributed by atoms with E-state index >= 15 is 0 Å². The molecule has 0 amide bonds. The highest BCUT2D eigenvalue weighted by Gasteiger charge is 2.40. The molecule has 10 rings (SSSR count). The number of rotatable bonds is 3.